The molecule has 0 spiro atoms. The highest BCUT2D eigenvalue weighted by molar-refractivity contribution is 6.31. The fraction of sp³-hybridized carbons (Fsp3) is 0.417. The molecule has 0 aliphatic heterocycles. The summed E-state index contributed by atoms with van der Waals surface area (Å²) in [6.45, 7) is 1.68. The number of rotatable bonds is 6. The first-order chi connectivity index (χ1) is 8.13. The van der Waals surface area contributed by atoms with Crippen molar-refractivity contribution in [3.63, 3.8) is 0 Å². The van der Waals surface area contributed by atoms with Gasteiger partial charge < -0.3 is 15.8 Å². The molecule has 0 aromatic heterocycles. The molecule has 1 aromatic carbocycles. The lowest BCUT2D eigenvalue weighted by Crippen LogP contribution is -2.21. The van der Waals surface area contributed by atoms with Crippen molar-refractivity contribution in [1.82, 2.24) is 4.90 Å². The van der Waals surface area contributed by atoms with Crippen LogP contribution in [-0.4, -0.2) is 29.5 Å². The largest absolute Gasteiger partial charge is 0.409 e. The van der Waals surface area contributed by atoms with Crippen LogP contribution < -0.4 is 5.73 Å². The van der Waals surface area contributed by atoms with E-state index in [0.29, 0.717) is 6.42 Å². The van der Waals surface area contributed by atoms with Crippen LogP contribution in [0.5, 0.6) is 0 Å². The van der Waals surface area contributed by atoms with E-state index in [9.17, 15) is 0 Å². The average molecular weight is 256 g/mol. The second-order valence-electron chi connectivity index (χ2n) is 4.02. The third-order valence-corrected chi connectivity index (χ3v) is 2.87. The van der Waals surface area contributed by atoms with Crippen LogP contribution in [0.15, 0.2) is 29.4 Å². The first-order valence-corrected chi connectivity index (χ1v) is 5.89. The average Bonchev–Trinajstić information content (AvgIpc) is 2.32. The maximum Gasteiger partial charge on any atom is 0.139 e. The van der Waals surface area contributed by atoms with E-state index in [-0.39, 0.29) is 5.84 Å². The third kappa shape index (κ3) is 5.06. The lowest BCUT2D eigenvalue weighted by atomic mass is 10.2. The SMILES string of the molecule is CN(CCCC(N)=NO)Cc1ccccc1Cl. The first kappa shape index (κ1) is 13.8. The van der Waals surface area contributed by atoms with Gasteiger partial charge in [-0.05, 0) is 31.6 Å². The molecule has 1 rings (SSSR count). The lowest BCUT2D eigenvalue weighted by molar-refractivity contribution is 0.311. The highest BCUT2D eigenvalue weighted by Crippen LogP contribution is 2.16. The Bertz CT molecular complexity index is 382. The molecule has 4 nitrogen and oxygen atoms in total. The number of hydrogen-bond donors (Lipinski definition) is 2. The fourth-order valence-corrected chi connectivity index (χ4v) is 1.77. The van der Waals surface area contributed by atoms with Gasteiger partial charge in [0, 0.05) is 18.0 Å². The molecule has 0 aliphatic rings. The standard InChI is InChI=1S/C12H18ClN3O/c1-16(8-4-7-12(14)15-17)9-10-5-2-3-6-11(10)13/h2-3,5-6,17H,4,7-9H2,1H3,(H2,14,15). The van der Waals surface area contributed by atoms with Crippen LogP contribution in [0.25, 0.3) is 0 Å². The molecular weight excluding hydrogens is 238 g/mol. The minimum Gasteiger partial charge on any atom is -0.409 e. The molecule has 0 radical (unpaired) electrons. The summed E-state index contributed by atoms with van der Waals surface area (Å²) in [5, 5.41) is 12.1. The lowest BCUT2D eigenvalue weighted by Gasteiger charge is -2.17. The Balaban J connectivity index is 2.35. The van der Waals surface area contributed by atoms with E-state index in [1.54, 1.807) is 0 Å². The normalized spacial score (nSPS) is 12.1. The first-order valence-electron chi connectivity index (χ1n) is 5.52. The second-order valence-corrected chi connectivity index (χ2v) is 4.43. The van der Waals surface area contributed by atoms with Crippen LogP contribution in [0, 0.1) is 0 Å². The van der Waals surface area contributed by atoms with Gasteiger partial charge in [-0.1, -0.05) is 35.0 Å². The molecule has 94 valence electrons. The Labute approximate surface area is 107 Å². The monoisotopic (exact) mass is 255 g/mol. The summed E-state index contributed by atoms with van der Waals surface area (Å²) in [4.78, 5) is 2.16. The van der Waals surface area contributed by atoms with Gasteiger partial charge >= 0.3 is 0 Å². The van der Waals surface area contributed by atoms with E-state index >= 15 is 0 Å². The molecular formula is C12H18ClN3O. The van der Waals surface area contributed by atoms with Crippen LogP contribution in [0.1, 0.15) is 18.4 Å². The third-order valence-electron chi connectivity index (χ3n) is 2.50. The van der Waals surface area contributed by atoms with Crippen molar-refractivity contribution in [1.29, 1.82) is 0 Å². The van der Waals surface area contributed by atoms with Crippen molar-refractivity contribution in [2.24, 2.45) is 10.9 Å². The smallest absolute Gasteiger partial charge is 0.139 e. The van der Waals surface area contributed by atoms with Crippen molar-refractivity contribution in [2.45, 2.75) is 19.4 Å². The molecule has 0 amide bonds. The van der Waals surface area contributed by atoms with Gasteiger partial charge in [-0.25, -0.2) is 0 Å². The Morgan fingerprint density at radius 1 is 1.47 bits per heavy atom. The van der Waals surface area contributed by atoms with E-state index in [2.05, 4.69) is 10.1 Å². The van der Waals surface area contributed by atoms with Crippen molar-refractivity contribution >= 4 is 17.4 Å². The maximum atomic E-state index is 8.40. The molecule has 17 heavy (non-hydrogen) atoms. The molecule has 5 heteroatoms. The van der Waals surface area contributed by atoms with Crippen molar-refractivity contribution < 1.29 is 5.21 Å². The Kier molecular flexibility index (Phi) is 5.80. The number of halogens is 1. The maximum absolute atomic E-state index is 8.40. The van der Waals surface area contributed by atoms with Gasteiger partial charge in [0.25, 0.3) is 0 Å². The van der Waals surface area contributed by atoms with Crippen molar-refractivity contribution in [3.8, 4) is 0 Å². The topological polar surface area (TPSA) is 61.8 Å². The van der Waals surface area contributed by atoms with Gasteiger partial charge in [-0.2, -0.15) is 0 Å². The number of hydrogen-bond acceptors (Lipinski definition) is 3. The van der Waals surface area contributed by atoms with Crippen LogP contribution in [-0.2, 0) is 6.54 Å². The number of nitrogens with zero attached hydrogens (tertiary/aromatic N) is 2. The molecule has 0 saturated carbocycles. The van der Waals surface area contributed by atoms with Gasteiger partial charge in [0.05, 0.1) is 0 Å². The van der Waals surface area contributed by atoms with Gasteiger partial charge in [-0.15, -0.1) is 0 Å². The molecule has 0 atom stereocenters. The predicted octanol–water partition coefficient (Wildman–Crippen LogP) is 2.30. The number of nitrogens with two attached hydrogens (primary N) is 1. The van der Waals surface area contributed by atoms with Crippen LogP contribution in [0.4, 0.5) is 0 Å². The van der Waals surface area contributed by atoms with E-state index in [1.165, 1.54) is 0 Å². The predicted molar refractivity (Wildman–Crippen MR) is 70.4 cm³/mol. The fourth-order valence-electron chi connectivity index (χ4n) is 1.58. The summed E-state index contributed by atoms with van der Waals surface area (Å²) in [6, 6.07) is 7.80. The second kappa shape index (κ2) is 7.14. The van der Waals surface area contributed by atoms with E-state index in [0.717, 1.165) is 30.1 Å². The van der Waals surface area contributed by atoms with E-state index in [4.69, 9.17) is 22.5 Å². The molecule has 0 fully saturated rings. The molecule has 0 saturated heterocycles. The Morgan fingerprint density at radius 3 is 2.82 bits per heavy atom. The van der Waals surface area contributed by atoms with E-state index < -0.39 is 0 Å². The Hall–Kier alpha value is -1.26. The molecule has 3 N–H and O–H groups in total. The molecule has 0 unspecified atom stereocenters. The zero-order chi connectivity index (χ0) is 12.7. The Morgan fingerprint density at radius 2 is 2.18 bits per heavy atom. The van der Waals surface area contributed by atoms with Gasteiger partial charge in [0.15, 0.2) is 0 Å². The van der Waals surface area contributed by atoms with Gasteiger partial charge in [-0.3, -0.25) is 0 Å². The highest BCUT2D eigenvalue weighted by atomic mass is 35.5. The quantitative estimate of drug-likeness (QED) is 0.355. The molecule has 1 aromatic rings. The number of benzene rings is 1. The van der Waals surface area contributed by atoms with Gasteiger partial charge in [0.2, 0.25) is 0 Å². The van der Waals surface area contributed by atoms with E-state index in [1.807, 2.05) is 31.3 Å². The zero-order valence-corrected chi connectivity index (χ0v) is 10.7. The summed E-state index contributed by atoms with van der Waals surface area (Å²) < 4.78 is 0. The summed E-state index contributed by atoms with van der Waals surface area (Å²) in [6.07, 6.45) is 1.46. The molecule has 0 bridgehead atoms. The number of amidine groups is 1. The summed E-state index contributed by atoms with van der Waals surface area (Å²) in [5.74, 6) is 0.274. The summed E-state index contributed by atoms with van der Waals surface area (Å²) in [5.41, 5.74) is 6.51. The summed E-state index contributed by atoms with van der Waals surface area (Å²) in [7, 11) is 2.02. The minimum absolute atomic E-state index is 0.274. The number of oxime groups is 1. The van der Waals surface area contributed by atoms with Gasteiger partial charge in [0.1, 0.15) is 5.84 Å². The highest BCUT2D eigenvalue weighted by Gasteiger charge is 2.04. The molecule has 0 aliphatic carbocycles. The summed E-state index contributed by atoms with van der Waals surface area (Å²) >= 11 is 6.08. The van der Waals surface area contributed by atoms with Crippen LogP contribution in [0.3, 0.4) is 0 Å². The van der Waals surface area contributed by atoms with Crippen LogP contribution >= 0.6 is 11.6 Å². The minimum atomic E-state index is 0.274. The molecule has 0 heterocycles. The van der Waals surface area contributed by atoms with Crippen molar-refractivity contribution in [3.05, 3.63) is 34.9 Å². The van der Waals surface area contributed by atoms with Crippen LogP contribution in [0.2, 0.25) is 5.02 Å². The zero-order valence-electron chi connectivity index (χ0n) is 9.93. The van der Waals surface area contributed by atoms with Crippen molar-refractivity contribution in [2.75, 3.05) is 13.6 Å².